The summed E-state index contributed by atoms with van der Waals surface area (Å²) in [7, 11) is 0. The number of allylic oxidation sites excluding steroid dienone is 2. The third-order valence-electron chi connectivity index (χ3n) is 4.44. The Morgan fingerprint density at radius 1 is 1.09 bits per heavy atom. The van der Waals surface area contributed by atoms with E-state index in [2.05, 4.69) is 5.32 Å². The van der Waals surface area contributed by atoms with Crippen LogP contribution in [-0.2, 0) is 4.79 Å². The SMILES string of the molecule is N#CC(C#N)=C1NC(=O)C2(C#N)C(c3ccccc3Cl)C12C#N. The van der Waals surface area contributed by atoms with Gasteiger partial charge in [-0.15, -0.1) is 0 Å². The molecule has 0 radical (unpaired) electrons. The number of benzene rings is 1. The summed E-state index contributed by atoms with van der Waals surface area (Å²) in [6, 6.07) is 13.8. The summed E-state index contributed by atoms with van der Waals surface area (Å²) in [5.74, 6) is -1.51. The maximum atomic E-state index is 12.4. The number of carbonyl (C=O) groups is 1. The summed E-state index contributed by atoms with van der Waals surface area (Å²) in [4.78, 5) is 12.4. The molecule has 7 heteroatoms. The predicted molar refractivity (Wildman–Crippen MR) is 76.7 cm³/mol. The van der Waals surface area contributed by atoms with Crippen LogP contribution in [0.2, 0.25) is 5.02 Å². The third kappa shape index (κ3) is 1.41. The molecule has 108 valence electrons. The minimum absolute atomic E-state index is 0.110. The first-order valence-corrected chi connectivity index (χ1v) is 6.86. The maximum absolute atomic E-state index is 12.4. The van der Waals surface area contributed by atoms with Gasteiger partial charge in [-0.05, 0) is 11.6 Å². The van der Waals surface area contributed by atoms with Gasteiger partial charge in [-0.25, -0.2) is 0 Å². The number of rotatable bonds is 1. The van der Waals surface area contributed by atoms with Gasteiger partial charge in [0.15, 0.2) is 11.0 Å². The van der Waals surface area contributed by atoms with Gasteiger partial charge in [0, 0.05) is 10.9 Å². The van der Waals surface area contributed by atoms with Crippen molar-refractivity contribution in [3.8, 4) is 24.3 Å². The number of fused-ring (bicyclic) bond motifs is 1. The zero-order chi connectivity index (χ0) is 16.8. The van der Waals surface area contributed by atoms with Crippen LogP contribution in [0.25, 0.3) is 0 Å². The predicted octanol–water partition coefficient (Wildman–Crippen LogP) is 1.89. The second kappa shape index (κ2) is 4.59. The maximum Gasteiger partial charge on any atom is 0.247 e. The van der Waals surface area contributed by atoms with E-state index in [-0.39, 0.29) is 11.3 Å². The first-order chi connectivity index (χ1) is 11.0. The molecule has 0 aromatic heterocycles. The number of hydrogen-bond acceptors (Lipinski definition) is 5. The molecule has 1 aromatic rings. The summed E-state index contributed by atoms with van der Waals surface area (Å²) < 4.78 is 0. The number of nitriles is 4. The van der Waals surface area contributed by atoms with E-state index in [1.807, 2.05) is 12.1 Å². The molecule has 3 atom stereocenters. The van der Waals surface area contributed by atoms with Gasteiger partial charge < -0.3 is 5.32 Å². The van der Waals surface area contributed by atoms with Crippen LogP contribution in [0.4, 0.5) is 0 Å². The molecule has 1 aliphatic heterocycles. The average molecular weight is 320 g/mol. The molecule has 23 heavy (non-hydrogen) atoms. The van der Waals surface area contributed by atoms with Crippen molar-refractivity contribution in [3.05, 3.63) is 46.1 Å². The van der Waals surface area contributed by atoms with Crippen molar-refractivity contribution in [2.24, 2.45) is 10.8 Å². The monoisotopic (exact) mass is 319 g/mol. The van der Waals surface area contributed by atoms with Crippen molar-refractivity contribution in [1.29, 1.82) is 21.0 Å². The van der Waals surface area contributed by atoms with Gasteiger partial charge in [-0.3, -0.25) is 4.79 Å². The summed E-state index contributed by atoms with van der Waals surface area (Å²) in [5.41, 5.74) is -3.29. The summed E-state index contributed by atoms with van der Waals surface area (Å²) >= 11 is 6.15. The molecule has 3 unspecified atom stereocenters. The first-order valence-electron chi connectivity index (χ1n) is 6.48. The van der Waals surface area contributed by atoms with Crippen LogP contribution in [0.3, 0.4) is 0 Å². The second-order valence-corrected chi connectivity index (χ2v) is 5.63. The van der Waals surface area contributed by atoms with E-state index < -0.39 is 22.7 Å². The van der Waals surface area contributed by atoms with E-state index >= 15 is 0 Å². The minimum atomic E-state index is -1.68. The lowest BCUT2D eigenvalue weighted by molar-refractivity contribution is -0.122. The van der Waals surface area contributed by atoms with E-state index in [9.17, 15) is 15.3 Å². The van der Waals surface area contributed by atoms with E-state index in [0.29, 0.717) is 10.6 Å². The summed E-state index contributed by atoms with van der Waals surface area (Å²) in [6.45, 7) is 0. The quantitative estimate of drug-likeness (QED) is 0.791. The fourth-order valence-corrected chi connectivity index (χ4v) is 3.67. The zero-order valence-electron chi connectivity index (χ0n) is 11.5. The Morgan fingerprint density at radius 2 is 1.70 bits per heavy atom. The topological polar surface area (TPSA) is 124 Å². The Kier molecular flexibility index (Phi) is 2.91. The highest BCUT2D eigenvalue weighted by molar-refractivity contribution is 6.31. The molecule has 2 fully saturated rings. The molecule has 2 aliphatic rings. The van der Waals surface area contributed by atoms with E-state index in [1.165, 1.54) is 0 Å². The molecule has 1 saturated heterocycles. The van der Waals surface area contributed by atoms with E-state index in [0.717, 1.165) is 0 Å². The fourth-order valence-electron chi connectivity index (χ4n) is 3.42. The zero-order valence-corrected chi connectivity index (χ0v) is 12.2. The Balaban J connectivity index is 2.34. The van der Waals surface area contributed by atoms with Gasteiger partial charge in [0.2, 0.25) is 5.91 Å². The van der Waals surface area contributed by atoms with Crippen LogP contribution in [-0.4, -0.2) is 5.91 Å². The van der Waals surface area contributed by atoms with Crippen LogP contribution in [0.15, 0.2) is 35.5 Å². The normalized spacial score (nSPS) is 30.0. The molecule has 1 saturated carbocycles. The van der Waals surface area contributed by atoms with Crippen molar-refractivity contribution in [2.75, 3.05) is 0 Å². The van der Waals surface area contributed by atoms with Crippen LogP contribution in [0, 0.1) is 56.2 Å². The molecular formula is C16H6ClN5O. The molecular weight excluding hydrogens is 314 g/mol. The van der Waals surface area contributed by atoms with Crippen LogP contribution >= 0.6 is 11.6 Å². The van der Waals surface area contributed by atoms with Crippen molar-refractivity contribution < 1.29 is 4.79 Å². The van der Waals surface area contributed by atoms with Gasteiger partial charge >= 0.3 is 0 Å². The van der Waals surface area contributed by atoms with E-state index in [1.54, 1.807) is 36.4 Å². The first kappa shape index (κ1) is 14.6. The number of hydrogen-bond donors (Lipinski definition) is 1. The third-order valence-corrected chi connectivity index (χ3v) is 4.78. The Labute approximate surface area is 136 Å². The fraction of sp³-hybridized carbons (Fsp3) is 0.188. The van der Waals surface area contributed by atoms with Gasteiger partial charge in [-0.2, -0.15) is 21.0 Å². The molecule has 1 amide bonds. The van der Waals surface area contributed by atoms with Gasteiger partial charge in [-0.1, -0.05) is 29.8 Å². The number of piperidine rings is 1. The lowest BCUT2D eigenvalue weighted by Gasteiger charge is -2.12. The number of amides is 1. The molecule has 1 heterocycles. The van der Waals surface area contributed by atoms with Crippen molar-refractivity contribution in [1.82, 2.24) is 5.32 Å². The second-order valence-electron chi connectivity index (χ2n) is 5.22. The average Bonchev–Trinajstić information content (AvgIpc) is 3.10. The molecule has 1 aromatic carbocycles. The lowest BCUT2D eigenvalue weighted by atomic mass is 9.93. The van der Waals surface area contributed by atoms with Crippen LogP contribution < -0.4 is 5.32 Å². The highest BCUT2D eigenvalue weighted by Crippen LogP contribution is 2.80. The molecule has 1 aliphatic carbocycles. The number of nitrogens with zero attached hydrogens (tertiary/aromatic N) is 4. The van der Waals surface area contributed by atoms with Crippen molar-refractivity contribution in [3.63, 3.8) is 0 Å². The highest BCUT2D eigenvalue weighted by Gasteiger charge is 2.89. The highest BCUT2D eigenvalue weighted by atomic mass is 35.5. The molecule has 0 spiro atoms. The van der Waals surface area contributed by atoms with Gasteiger partial charge in [0.05, 0.1) is 17.8 Å². The Morgan fingerprint density at radius 3 is 2.22 bits per heavy atom. The van der Waals surface area contributed by atoms with Crippen molar-refractivity contribution >= 4 is 17.5 Å². The molecule has 3 rings (SSSR count). The van der Waals surface area contributed by atoms with Crippen molar-refractivity contribution in [2.45, 2.75) is 5.92 Å². The van der Waals surface area contributed by atoms with Gasteiger partial charge in [0.25, 0.3) is 0 Å². The minimum Gasteiger partial charge on any atom is -0.325 e. The molecule has 6 nitrogen and oxygen atoms in total. The standard InChI is InChI=1S/C16H6ClN5O/c17-11-4-2-1-3-10(11)12-15(7-20)13(9(5-18)6-19)22-14(23)16(12,15)8-21/h1-4,12H,(H,22,23). The number of carbonyl (C=O) groups excluding carboxylic acids is 1. The van der Waals surface area contributed by atoms with Gasteiger partial charge in [0.1, 0.15) is 17.6 Å². The van der Waals surface area contributed by atoms with E-state index in [4.69, 9.17) is 22.1 Å². The Hall–Kier alpha value is -3.32. The number of nitrogens with one attached hydrogen (secondary N) is 1. The number of halogens is 1. The van der Waals surface area contributed by atoms with Crippen LogP contribution in [0.5, 0.6) is 0 Å². The smallest absolute Gasteiger partial charge is 0.247 e. The van der Waals surface area contributed by atoms with Crippen LogP contribution in [0.1, 0.15) is 11.5 Å². The lowest BCUT2D eigenvalue weighted by Crippen LogP contribution is -2.27. The summed E-state index contributed by atoms with van der Waals surface area (Å²) in [6.07, 6.45) is 0. The largest absolute Gasteiger partial charge is 0.325 e. The summed E-state index contributed by atoms with van der Waals surface area (Å²) in [5, 5.41) is 40.2. The molecule has 0 bridgehead atoms. The Bertz CT molecular complexity index is 938. The molecule has 1 N–H and O–H groups in total.